The monoisotopic (exact) mass is 440 g/mol. The van der Waals surface area contributed by atoms with E-state index in [0.717, 1.165) is 34.5 Å². The number of hydrogen-bond acceptors (Lipinski definition) is 2. The maximum absolute atomic E-state index is 13.1. The van der Waals surface area contributed by atoms with Crippen molar-refractivity contribution in [1.82, 2.24) is 9.55 Å². The normalized spacial score (nSPS) is 10.7. The Labute approximate surface area is 174 Å². The second-order valence-corrected chi connectivity index (χ2v) is 6.70. The van der Waals surface area contributed by atoms with Crippen LogP contribution in [-0.4, -0.2) is 9.55 Å². The van der Waals surface area contributed by atoms with E-state index in [4.69, 9.17) is 4.74 Å². The molecule has 4 rings (SSSR count). The minimum absolute atomic E-state index is 0. The molecule has 0 fully saturated rings. The Balaban J connectivity index is 0.00000225. The van der Waals surface area contributed by atoms with E-state index in [1.165, 1.54) is 23.4 Å². The van der Waals surface area contributed by atoms with Gasteiger partial charge in [0, 0.05) is 24.5 Å². The highest BCUT2D eigenvalue weighted by atomic mass is 79.9. The lowest BCUT2D eigenvalue weighted by molar-refractivity contribution is 0.308. The highest BCUT2D eigenvalue weighted by molar-refractivity contribution is 8.93. The molecule has 0 aliphatic heterocycles. The quantitative estimate of drug-likeness (QED) is 0.380. The van der Waals surface area contributed by atoms with Crippen LogP contribution in [0.15, 0.2) is 66.9 Å². The Hall–Kier alpha value is -2.66. The molecule has 0 saturated heterocycles. The topological polar surface area (TPSA) is 27.1 Å². The van der Waals surface area contributed by atoms with Crippen LogP contribution in [0.25, 0.3) is 11.0 Å². The van der Waals surface area contributed by atoms with Gasteiger partial charge in [0.1, 0.15) is 23.7 Å². The fourth-order valence-electron chi connectivity index (χ4n) is 3.33. The van der Waals surface area contributed by atoms with Crippen molar-refractivity contribution < 1.29 is 9.13 Å². The summed E-state index contributed by atoms with van der Waals surface area (Å²) in [5, 5.41) is 0. The molecule has 0 unspecified atom stereocenters. The minimum atomic E-state index is -0.243. The molecule has 0 saturated carbocycles. The van der Waals surface area contributed by atoms with Gasteiger partial charge in [0.15, 0.2) is 0 Å². The van der Waals surface area contributed by atoms with Gasteiger partial charge in [-0.2, -0.15) is 0 Å². The van der Waals surface area contributed by atoms with Crippen LogP contribution >= 0.6 is 17.0 Å². The van der Waals surface area contributed by atoms with E-state index in [1.54, 1.807) is 18.3 Å². The Morgan fingerprint density at radius 3 is 2.36 bits per heavy atom. The summed E-state index contributed by atoms with van der Waals surface area (Å²) < 4.78 is 21.5. The molecule has 0 bridgehead atoms. The summed E-state index contributed by atoms with van der Waals surface area (Å²) >= 11 is 0. The standard InChI is InChI=1S/C23H21FN2O.BrH/c1-16-17(2)26(14-18-6-4-3-5-7-18)23-21(12-13-25-22(16)23)27-15-19-8-10-20(24)11-9-19;/h3-13H,14-15H2,1-2H3;1H. The molecule has 0 N–H and O–H groups in total. The third kappa shape index (κ3) is 3.94. The summed E-state index contributed by atoms with van der Waals surface area (Å²) in [5.74, 6) is 0.546. The summed E-state index contributed by atoms with van der Waals surface area (Å²) in [6, 6.07) is 18.6. The summed E-state index contributed by atoms with van der Waals surface area (Å²) in [6.45, 7) is 5.35. The fourth-order valence-corrected chi connectivity index (χ4v) is 3.33. The molecule has 3 nitrogen and oxygen atoms in total. The van der Waals surface area contributed by atoms with Crippen LogP contribution in [-0.2, 0) is 13.2 Å². The molecule has 2 aromatic heterocycles. The molecule has 2 aromatic carbocycles. The van der Waals surface area contributed by atoms with Crippen molar-refractivity contribution in [1.29, 1.82) is 0 Å². The Morgan fingerprint density at radius 2 is 1.64 bits per heavy atom. The number of nitrogens with zero attached hydrogens (tertiary/aromatic N) is 2. The van der Waals surface area contributed by atoms with E-state index in [-0.39, 0.29) is 22.8 Å². The molecule has 2 heterocycles. The van der Waals surface area contributed by atoms with Gasteiger partial charge in [-0.05, 0) is 42.7 Å². The second-order valence-electron chi connectivity index (χ2n) is 6.70. The van der Waals surface area contributed by atoms with Gasteiger partial charge in [-0.3, -0.25) is 4.98 Å². The van der Waals surface area contributed by atoms with Crippen molar-refractivity contribution in [3.8, 4) is 5.75 Å². The average molecular weight is 441 g/mol. The molecule has 0 radical (unpaired) electrons. The van der Waals surface area contributed by atoms with Crippen LogP contribution < -0.4 is 4.74 Å². The van der Waals surface area contributed by atoms with Gasteiger partial charge >= 0.3 is 0 Å². The average Bonchev–Trinajstić information content (AvgIpc) is 2.94. The fraction of sp³-hybridized carbons (Fsp3) is 0.174. The number of fused-ring (bicyclic) bond motifs is 1. The molecule has 0 spiro atoms. The van der Waals surface area contributed by atoms with Gasteiger partial charge < -0.3 is 9.30 Å². The number of rotatable bonds is 5. The van der Waals surface area contributed by atoms with Crippen LogP contribution in [0.5, 0.6) is 5.75 Å². The summed E-state index contributed by atoms with van der Waals surface area (Å²) in [7, 11) is 0. The molecule has 5 heteroatoms. The molecular formula is C23H22BrFN2O. The van der Waals surface area contributed by atoms with Crippen LogP contribution in [0.4, 0.5) is 4.39 Å². The van der Waals surface area contributed by atoms with Gasteiger partial charge in [-0.25, -0.2) is 4.39 Å². The van der Waals surface area contributed by atoms with E-state index in [2.05, 4.69) is 35.5 Å². The predicted octanol–water partition coefficient (Wildman–Crippen LogP) is 6.00. The SMILES string of the molecule is Br.Cc1c(C)n(Cc2ccccc2)c2c(OCc3ccc(F)cc3)ccnc12. The number of pyridine rings is 1. The van der Waals surface area contributed by atoms with Crippen LogP contribution in [0.3, 0.4) is 0 Å². The van der Waals surface area contributed by atoms with Crippen LogP contribution in [0.1, 0.15) is 22.4 Å². The number of hydrogen-bond donors (Lipinski definition) is 0. The summed E-state index contributed by atoms with van der Waals surface area (Å²) in [5.41, 5.74) is 6.45. The van der Waals surface area contributed by atoms with E-state index < -0.39 is 0 Å². The smallest absolute Gasteiger partial charge is 0.147 e. The van der Waals surface area contributed by atoms with Crippen molar-refractivity contribution in [3.63, 3.8) is 0 Å². The third-order valence-electron chi connectivity index (χ3n) is 4.95. The lowest BCUT2D eigenvalue weighted by atomic mass is 10.2. The molecule has 4 aromatic rings. The second kappa shape index (κ2) is 8.57. The Kier molecular flexibility index (Phi) is 6.15. The van der Waals surface area contributed by atoms with Gasteiger partial charge in [-0.15, -0.1) is 17.0 Å². The van der Waals surface area contributed by atoms with Gasteiger partial charge in [0.25, 0.3) is 0 Å². The van der Waals surface area contributed by atoms with Crippen LogP contribution in [0.2, 0.25) is 0 Å². The first kappa shape index (κ1) is 20.1. The minimum Gasteiger partial charge on any atom is -0.487 e. The molecule has 0 aliphatic rings. The van der Waals surface area contributed by atoms with Gasteiger partial charge in [0.05, 0.1) is 5.52 Å². The zero-order valence-corrected chi connectivity index (χ0v) is 17.6. The first-order chi connectivity index (χ1) is 13.1. The maximum atomic E-state index is 13.1. The van der Waals surface area contributed by atoms with E-state index in [9.17, 15) is 4.39 Å². The largest absolute Gasteiger partial charge is 0.487 e. The van der Waals surface area contributed by atoms with Crippen molar-refractivity contribution in [3.05, 3.63) is 95.1 Å². The van der Waals surface area contributed by atoms with Crippen molar-refractivity contribution in [2.24, 2.45) is 0 Å². The number of halogens is 2. The maximum Gasteiger partial charge on any atom is 0.147 e. The Morgan fingerprint density at radius 1 is 0.929 bits per heavy atom. The van der Waals surface area contributed by atoms with E-state index in [0.29, 0.717) is 6.61 Å². The predicted molar refractivity (Wildman–Crippen MR) is 116 cm³/mol. The van der Waals surface area contributed by atoms with Gasteiger partial charge in [0.2, 0.25) is 0 Å². The number of aromatic nitrogens is 2. The number of aryl methyl sites for hydroxylation is 1. The first-order valence-corrected chi connectivity index (χ1v) is 8.99. The summed E-state index contributed by atoms with van der Waals surface area (Å²) in [4.78, 5) is 4.58. The highest BCUT2D eigenvalue weighted by Crippen LogP contribution is 2.32. The lowest BCUT2D eigenvalue weighted by Crippen LogP contribution is -2.04. The van der Waals surface area contributed by atoms with E-state index in [1.807, 2.05) is 24.3 Å². The van der Waals surface area contributed by atoms with Gasteiger partial charge in [-0.1, -0.05) is 42.5 Å². The number of ether oxygens (including phenoxy) is 1. The molecule has 0 aliphatic carbocycles. The zero-order valence-electron chi connectivity index (χ0n) is 15.9. The first-order valence-electron chi connectivity index (χ1n) is 8.99. The summed E-state index contributed by atoms with van der Waals surface area (Å²) in [6.07, 6.45) is 1.78. The van der Waals surface area contributed by atoms with Crippen molar-refractivity contribution in [2.75, 3.05) is 0 Å². The highest BCUT2D eigenvalue weighted by Gasteiger charge is 2.16. The third-order valence-corrected chi connectivity index (χ3v) is 4.95. The molecule has 144 valence electrons. The molecule has 28 heavy (non-hydrogen) atoms. The van der Waals surface area contributed by atoms with E-state index >= 15 is 0 Å². The zero-order chi connectivity index (χ0) is 18.8. The molecule has 0 amide bonds. The molecular weight excluding hydrogens is 419 g/mol. The lowest BCUT2D eigenvalue weighted by Gasteiger charge is -2.13. The van der Waals surface area contributed by atoms with Crippen molar-refractivity contribution >= 4 is 28.0 Å². The number of benzene rings is 2. The van der Waals surface area contributed by atoms with Crippen molar-refractivity contribution in [2.45, 2.75) is 27.0 Å². The Bertz CT molecular complexity index is 1080. The molecule has 0 atom stereocenters. The van der Waals surface area contributed by atoms with Crippen LogP contribution in [0, 0.1) is 19.7 Å².